The molecule has 1 amide bonds. The van der Waals surface area contributed by atoms with E-state index >= 15 is 0 Å². The fraction of sp³-hybridized carbons (Fsp3) is 0.280. The number of hydrogen-bond donors (Lipinski definition) is 1. The van der Waals surface area contributed by atoms with Crippen molar-refractivity contribution in [2.75, 3.05) is 4.90 Å². The van der Waals surface area contributed by atoms with Gasteiger partial charge in [-0.1, -0.05) is 42.5 Å². The van der Waals surface area contributed by atoms with E-state index in [1.165, 1.54) is 16.2 Å². The van der Waals surface area contributed by atoms with Gasteiger partial charge in [-0.15, -0.1) is 10.2 Å². The van der Waals surface area contributed by atoms with Crippen LogP contribution >= 0.6 is 11.3 Å². The van der Waals surface area contributed by atoms with E-state index in [1.54, 1.807) is 19.1 Å². The quantitative estimate of drug-likeness (QED) is 0.353. The van der Waals surface area contributed by atoms with Gasteiger partial charge in [0.25, 0.3) is 5.78 Å². The van der Waals surface area contributed by atoms with Crippen molar-refractivity contribution in [3.05, 3.63) is 75.3 Å². The fourth-order valence-electron chi connectivity index (χ4n) is 4.39. The molecule has 1 saturated heterocycles. The molecule has 3 aromatic rings. The molecule has 1 N–H and O–H groups in total. The highest BCUT2D eigenvalue weighted by Crippen LogP contribution is 2.43. The van der Waals surface area contributed by atoms with Crippen LogP contribution in [0.15, 0.2) is 48.0 Å². The number of nitrogens with zero attached hydrogens (tertiary/aromatic N) is 3. The normalized spacial score (nSPS) is 21.4. The van der Waals surface area contributed by atoms with Gasteiger partial charge in [0.15, 0.2) is 0 Å². The van der Waals surface area contributed by atoms with Gasteiger partial charge in [0.2, 0.25) is 5.13 Å². The second kappa shape index (κ2) is 8.12. The molecule has 0 aliphatic carbocycles. The van der Waals surface area contributed by atoms with Crippen molar-refractivity contribution in [1.82, 2.24) is 10.2 Å². The van der Waals surface area contributed by atoms with E-state index in [0.29, 0.717) is 15.7 Å². The molecule has 0 bridgehead atoms. The van der Waals surface area contributed by atoms with Crippen LogP contribution < -0.4 is 9.64 Å². The highest BCUT2D eigenvalue weighted by Gasteiger charge is 2.48. The summed E-state index contributed by atoms with van der Waals surface area (Å²) in [4.78, 5) is 27.7. The van der Waals surface area contributed by atoms with Crippen molar-refractivity contribution in [3.63, 3.8) is 0 Å². The van der Waals surface area contributed by atoms with Gasteiger partial charge >= 0.3 is 5.91 Å². The SMILES string of the molecule is CCc1ccc(C2/C(=C(\O)c3ccc4c(c3)CC(C)O4)C(=O)C(=O)N2c2nnc(C)s2)cc1. The summed E-state index contributed by atoms with van der Waals surface area (Å²) in [6.07, 6.45) is 1.64. The van der Waals surface area contributed by atoms with Gasteiger partial charge in [-0.05, 0) is 55.2 Å². The number of amides is 1. The number of aliphatic hydroxyl groups is 1. The van der Waals surface area contributed by atoms with E-state index in [1.807, 2.05) is 37.3 Å². The summed E-state index contributed by atoms with van der Waals surface area (Å²) in [7, 11) is 0. The lowest BCUT2D eigenvalue weighted by molar-refractivity contribution is -0.132. The highest BCUT2D eigenvalue weighted by atomic mass is 32.1. The van der Waals surface area contributed by atoms with E-state index in [4.69, 9.17) is 4.74 Å². The predicted octanol–water partition coefficient (Wildman–Crippen LogP) is 4.36. The Kier molecular flexibility index (Phi) is 5.25. The summed E-state index contributed by atoms with van der Waals surface area (Å²) in [6, 6.07) is 12.3. The molecule has 2 aromatic carbocycles. The Morgan fingerprint density at radius 3 is 2.61 bits per heavy atom. The Bertz CT molecular complexity index is 1300. The number of ether oxygens (including phenoxy) is 1. The zero-order chi connectivity index (χ0) is 23.3. The van der Waals surface area contributed by atoms with Crippen molar-refractivity contribution in [1.29, 1.82) is 0 Å². The summed E-state index contributed by atoms with van der Waals surface area (Å²) in [5.41, 5.74) is 3.34. The molecular formula is C25H23N3O4S. The van der Waals surface area contributed by atoms with Crippen LogP contribution in [-0.4, -0.2) is 33.1 Å². The lowest BCUT2D eigenvalue weighted by Gasteiger charge is -2.22. The third-order valence-electron chi connectivity index (χ3n) is 6.04. The summed E-state index contributed by atoms with van der Waals surface area (Å²) < 4.78 is 5.75. The molecule has 8 heteroatoms. The summed E-state index contributed by atoms with van der Waals surface area (Å²) in [6.45, 7) is 5.83. The van der Waals surface area contributed by atoms with E-state index < -0.39 is 17.7 Å². The molecule has 33 heavy (non-hydrogen) atoms. The number of aryl methyl sites for hydroxylation is 2. The Morgan fingerprint density at radius 2 is 1.94 bits per heavy atom. The first-order valence-electron chi connectivity index (χ1n) is 10.9. The molecular weight excluding hydrogens is 438 g/mol. The molecule has 2 aliphatic heterocycles. The number of benzene rings is 2. The zero-order valence-corrected chi connectivity index (χ0v) is 19.3. The molecule has 0 saturated carbocycles. The van der Waals surface area contributed by atoms with Crippen LogP contribution in [-0.2, 0) is 22.4 Å². The number of hydrogen-bond acceptors (Lipinski definition) is 7. The molecule has 0 spiro atoms. The summed E-state index contributed by atoms with van der Waals surface area (Å²) in [5.74, 6) is -0.898. The first-order valence-corrected chi connectivity index (χ1v) is 11.7. The van der Waals surface area contributed by atoms with Gasteiger partial charge < -0.3 is 9.84 Å². The van der Waals surface area contributed by atoms with Crippen LogP contribution in [0.5, 0.6) is 5.75 Å². The standard InChI is InChI=1S/C25H23N3O4S/c1-4-15-5-7-16(8-6-15)21-20(23(30)24(31)28(21)25-27-26-14(3)33-25)22(29)17-9-10-19-18(12-17)11-13(2)32-19/h5-10,12-13,21,29H,4,11H2,1-3H3/b22-20+. The van der Waals surface area contributed by atoms with Crippen LogP contribution in [0.1, 0.15) is 47.2 Å². The van der Waals surface area contributed by atoms with Gasteiger partial charge in [0, 0.05) is 12.0 Å². The molecule has 5 rings (SSSR count). The van der Waals surface area contributed by atoms with Crippen molar-refractivity contribution in [2.45, 2.75) is 45.8 Å². The average Bonchev–Trinajstić information content (AvgIpc) is 3.48. The zero-order valence-electron chi connectivity index (χ0n) is 18.5. The predicted molar refractivity (Wildman–Crippen MR) is 125 cm³/mol. The first kappa shape index (κ1) is 21.3. The highest BCUT2D eigenvalue weighted by molar-refractivity contribution is 7.15. The van der Waals surface area contributed by atoms with E-state index in [2.05, 4.69) is 17.1 Å². The van der Waals surface area contributed by atoms with Crippen molar-refractivity contribution >= 4 is 33.9 Å². The third-order valence-corrected chi connectivity index (χ3v) is 6.88. The number of aromatic nitrogens is 2. The maximum Gasteiger partial charge on any atom is 0.301 e. The minimum Gasteiger partial charge on any atom is -0.507 e. The number of carbonyl (C=O) groups excluding carboxylic acids is 2. The van der Waals surface area contributed by atoms with Gasteiger partial charge in [-0.25, -0.2) is 0 Å². The number of ketones is 1. The van der Waals surface area contributed by atoms with Crippen LogP contribution in [0.25, 0.3) is 5.76 Å². The van der Waals surface area contributed by atoms with Gasteiger partial charge in [0.1, 0.15) is 22.6 Å². The largest absolute Gasteiger partial charge is 0.507 e. The van der Waals surface area contributed by atoms with Gasteiger partial charge in [-0.2, -0.15) is 0 Å². The Morgan fingerprint density at radius 1 is 1.18 bits per heavy atom. The first-order chi connectivity index (χ1) is 15.9. The molecule has 1 aromatic heterocycles. The van der Waals surface area contributed by atoms with Crippen molar-refractivity contribution in [2.24, 2.45) is 0 Å². The number of carbonyl (C=O) groups is 2. The molecule has 2 aliphatic rings. The third kappa shape index (κ3) is 3.60. The topological polar surface area (TPSA) is 92.6 Å². The maximum absolute atomic E-state index is 13.2. The maximum atomic E-state index is 13.2. The van der Waals surface area contributed by atoms with E-state index in [-0.39, 0.29) is 17.4 Å². The number of fused-ring (bicyclic) bond motifs is 1. The number of rotatable bonds is 4. The smallest absolute Gasteiger partial charge is 0.301 e. The van der Waals surface area contributed by atoms with E-state index in [9.17, 15) is 14.7 Å². The van der Waals surface area contributed by atoms with Gasteiger partial charge in [-0.3, -0.25) is 14.5 Å². The minimum atomic E-state index is -0.799. The molecule has 1 fully saturated rings. The molecule has 3 heterocycles. The number of Topliss-reactive ketones (excluding diaryl/α,β-unsaturated/α-hetero) is 1. The van der Waals surface area contributed by atoms with Crippen LogP contribution in [0.3, 0.4) is 0 Å². The fourth-order valence-corrected chi connectivity index (χ4v) is 5.10. The second-order valence-electron chi connectivity index (χ2n) is 8.32. The average molecular weight is 462 g/mol. The molecule has 7 nitrogen and oxygen atoms in total. The minimum absolute atomic E-state index is 0.0454. The summed E-state index contributed by atoms with van der Waals surface area (Å²) >= 11 is 1.23. The molecule has 0 radical (unpaired) electrons. The van der Waals surface area contributed by atoms with Crippen molar-refractivity contribution < 1.29 is 19.4 Å². The number of anilines is 1. The number of aliphatic hydroxyl groups excluding tert-OH is 1. The monoisotopic (exact) mass is 461 g/mol. The Labute approximate surface area is 195 Å². The lowest BCUT2D eigenvalue weighted by atomic mass is 9.94. The Hall–Kier alpha value is -3.52. The van der Waals surface area contributed by atoms with Crippen LogP contribution in [0.4, 0.5) is 5.13 Å². The van der Waals surface area contributed by atoms with Gasteiger partial charge in [0.05, 0.1) is 11.6 Å². The summed E-state index contributed by atoms with van der Waals surface area (Å²) in [5, 5.41) is 20.5. The molecule has 2 unspecified atom stereocenters. The van der Waals surface area contributed by atoms with Crippen LogP contribution in [0.2, 0.25) is 0 Å². The molecule has 168 valence electrons. The van der Waals surface area contributed by atoms with Crippen molar-refractivity contribution in [3.8, 4) is 5.75 Å². The van der Waals surface area contributed by atoms with E-state index in [0.717, 1.165) is 35.3 Å². The van der Waals surface area contributed by atoms with Crippen LogP contribution in [0, 0.1) is 6.92 Å². The second-order valence-corrected chi connectivity index (χ2v) is 9.48. The lowest BCUT2D eigenvalue weighted by Crippen LogP contribution is -2.29. The Balaban J connectivity index is 1.67. The molecule has 2 atom stereocenters.